The number of rotatable bonds is 4. The number of nitro groups is 1. The van der Waals surface area contributed by atoms with Crippen LogP contribution in [0, 0.1) is 29.8 Å². The molecule has 0 aliphatic heterocycles. The third kappa shape index (κ3) is 3.12. The van der Waals surface area contributed by atoms with Gasteiger partial charge < -0.3 is 5.32 Å². The summed E-state index contributed by atoms with van der Waals surface area (Å²) in [6.07, 6.45) is 0. The molecule has 1 N–H and O–H groups in total. The Hall–Kier alpha value is -2.43. The molecule has 0 unspecified atom stereocenters. The minimum absolute atomic E-state index is 0.0775. The van der Waals surface area contributed by atoms with Gasteiger partial charge in [0.15, 0.2) is 0 Å². The Labute approximate surface area is 116 Å². The SMILES string of the molecule is Cc1ccc(NCc2ccc(C)c([N+](=O)[O-])c2)c(F)c1. The number of nitro benzene ring substituents is 1. The van der Waals surface area contributed by atoms with E-state index in [0.29, 0.717) is 17.8 Å². The molecular formula is C15H15FN2O2. The van der Waals surface area contributed by atoms with E-state index in [9.17, 15) is 14.5 Å². The fraction of sp³-hybridized carbons (Fsp3) is 0.200. The van der Waals surface area contributed by atoms with Crippen molar-refractivity contribution in [2.45, 2.75) is 20.4 Å². The van der Waals surface area contributed by atoms with Crippen LogP contribution < -0.4 is 5.32 Å². The maximum Gasteiger partial charge on any atom is 0.272 e. The Kier molecular flexibility index (Phi) is 3.98. The van der Waals surface area contributed by atoms with Gasteiger partial charge in [0.25, 0.3) is 5.69 Å². The highest BCUT2D eigenvalue weighted by Crippen LogP contribution is 2.21. The van der Waals surface area contributed by atoms with Crippen molar-refractivity contribution in [1.29, 1.82) is 0 Å². The van der Waals surface area contributed by atoms with Crippen molar-refractivity contribution in [2.75, 3.05) is 5.32 Å². The molecule has 20 heavy (non-hydrogen) atoms. The van der Waals surface area contributed by atoms with Crippen LogP contribution in [0.5, 0.6) is 0 Å². The van der Waals surface area contributed by atoms with Crippen LogP contribution in [0.4, 0.5) is 15.8 Å². The minimum atomic E-state index is -0.411. The van der Waals surface area contributed by atoms with E-state index in [2.05, 4.69) is 5.32 Å². The van der Waals surface area contributed by atoms with Gasteiger partial charge >= 0.3 is 0 Å². The number of aryl methyl sites for hydroxylation is 2. The Balaban J connectivity index is 2.15. The van der Waals surface area contributed by atoms with Gasteiger partial charge in [-0.05, 0) is 37.1 Å². The molecule has 0 fully saturated rings. The number of benzene rings is 2. The molecular weight excluding hydrogens is 259 g/mol. The highest BCUT2D eigenvalue weighted by molar-refractivity contribution is 5.48. The summed E-state index contributed by atoms with van der Waals surface area (Å²) in [5, 5.41) is 13.8. The molecule has 0 amide bonds. The van der Waals surface area contributed by atoms with Crippen molar-refractivity contribution >= 4 is 11.4 Å². The first-order valence-corrected chi connectivity index (χ1v) is 6.21. The predicted molar refractivity (Wildman–Crippen MR) is 76.3 cm³/mol. The van der Waals surface area contributed by atoms with Crippen LogP contribution in [0.25, 0.3) is 0 Å². The maximum atomic E-state index is 13.7. The Bertz CT molecular complexity index is 656. The summed E-state index contributed by atoms with van der Waals surface area (Å²) in [4.78, 5) is 10.5. The van der Waals surface area contributed by atoms with Gasteiger partial charge in [-0.1, -0.05) is 18.2 Å². The molecule has 0 saturated carbocycles. The zero-order chi connectivity index (χ0) is 14.7. The molecule has 2 aromatic rings. The zero-order valence-electron chi connectivity index (χ0n) is 11.3. The second kappa shape index (κ2) is 5.69. The van der Waals surface area contributed by atoms with E-state index >= 15 is 0 Å². The number of nitrogens with one attached hydrogen (secondary N) is 1. The molecule has 0 saturated heterocycles. The number of hydrogen-bond donors (Lipinski definition) is 1. The van der Waals surface area contributed by atoms with E-state index < -0.39 is 4.92 Å². The second-order valence-corrected chi connectivity index (χ2v) is 4.71. The lowest BCUT2D eigenvalue weighted by molar-refractivity contribution is -0.385. The van der Waals surface area contributed by atoms with Crippen molar-refractivity contribution in [2.24, 2.45) is 0 Å². The van der Waals surface area contributed by atoms with Gasteiger partial charge in [-0.2, -0.15) is 0 Å². The molecule has 2 aromatic carbocycles. The van der Waals surface area contributed by atoms with Gasteiger partial charge in [0.05, 0.1) is 10.6 Å². The Morgan fingerprint density at radius 1 is 1.20 bits per heavy atom. The van der Waals surface area contributed by atoms with E-state index in [-0.39, 0.29) is 11.5 Å². The van der Waals surface area contributed by atoms with Crippen LogP contribution in [0.2, 0.25) is 0 Å². The Morgan fingerprint density at radius 2 is 1.95 bits per heavy atom. The van der Waals surface area contributed by atoms with Gasteiger partial charge in [0.1, 0.15) is 5.82 Å². The molecule has 0 radical (unpaired) electrons. The summed E-state index contributed by atoms with van der Waals surface area (Å²) in [5.74, 6) is -0.327. The number of halogens is 1. The first-order chi connectivity index (χ1) is 9.47. The normalized spacial score (nSPS) is 10.3. The van der Waals surface area contributed by atoms with Crippen LogP contribution in [-0.2, 0) is 6.54 Å². The monoisotopic (exact) mass is 274 g/mol. The largest absolute Gasteiger partial charge is 0.379 e. The highest BCUT2D eigenvalue weighted by Gasteiger charge is 2.11. The van der Waals surface area contributed by atoms with Gasteiger partial charge in [0, 0.05) is 18.2 Å². The molecule has 0 bridgehead atoms. The summed E-state index contributed by atoms with van der Waals surface area (Å²) in [5.41, 5.74) is 2.66. The first kappa shape index (κ1) is 14.0. The standard InChI is InChI=1S/C15H15FN2O2/c1-10-3-6-14(13(16)7-10)17-9-12-5-4-11(2)15(8-12)18(19)20/h3-8,17H,9H2,1-2H3. The predicted octanol–water partition coefficient (Wildman–Crippen LogP) is 3.96. The van der Waals surface area contributed by atoms with Gasteiger partial charge in [-0.25, -0.2) is 4.39 Å². The quantitative estimate of drug-likeness (QED) is 0.678. The molecule has 104 valence electrons. The van der Waals surface area contributed by atoms with Crippen LogP contribution in [-0.4, -0.2) is 4.92 Å². The van der Waals surface area contributed by atoms with Crippen molar-refractivity contribution in [1.82, 2.24) is 0 Å². The van der Waals surface area contributed by atoms with Crippen LogP contribution in [0.15, 0.2) is 36.4 Å². The fourth-order valence-corrected chi connectivity index (χ4v) is 1.92. The molecule has 0 aliphatic carbocycles. The molecule has 0 heterocycles. The summed E-state index contributed by atoms with van der Waals surface area (Å²) < 4.78 is 13.7. The number of nitrogens with zero attached hydrogens (tertiary/aromatic N) is 1. The highest BCUT2D eigenvalue weighted by atomic mass is 19.1. The second-order valence-electron chi connectivity index (χ2n) is 4.71. The van der Waals surface area contributed by atoms with E-state index in [1.807, 2.05) is 13.0 Å². The molecule has 0 spiro atoms. The first-order valence-electron chi connectivity index (χ1n) is 6.21. The van der Waals surface area contributed by atoms with E-state index in [1.54, 1.807) is 25.1 Å². The van der Waals surface area contributed by atoms with Crippen LogP contribution >= 0.6 is 0 Å². The smallest absolute Gasteiger partial charge is 0.272 e. The summed E-state index contributed by atoms with van der Waals surface area (Å²) >= 11 is 0. The van der Waals surface area contributed by atoms with Crippen LogP contribution in [0.1, 0.15) is 16.7 Å². The lowest BCUT2D eigenvalue weighted by Crippen LogP contribution is -2.03. The van der Waals surface area contributed by atoms with Gasteiger partial charge in [0.2, 0.25) is 0 Å². The topological polar surface area (TPSA) is 55.2 Å². The lowest BCUT2D eigenvalue weighted by atomic mass is 10.1. The number of anilines is 1. The van der Waals surface area contributed by atoms with Gasteiger partial charge in [-0.15, -0.1) is 0 Å². The summed E-state index contributed by atoms with van der Waals surface area (Å²) in [7, 11) is 0. The third-order valence-electron chi connectivity index (χ3n) is 3.08. The Morgan fingerprint density at radius 3 is 2.60 bits per heavy atom. The molecule has 0 aliphatic rings. The maximum absolute atomic E-state index is 13.7. The van der Waals surface area contributed by atoms with Crippen molar-refractivity contribution < 1.29 is 9.31 Å². The van der Waals surface area contributed by atoms with Crippen molar-refractivity contribution in [3.8, 4) is 0 Å². The molecule has 2 rings (SSSR count). The fourth-order valence-electron chi connectivity index (χ4n) is 1.92. The molecule has 5 heteroatoms. The van der Waals surface area contributed by atoms with E-state index in [4.69, 9.17) is 0 Å². The van der Waals surface area contributed by atoms with Gasteiger partial charge in [-0.3, -0.25) is 10.1 Å². The summed E-state index contributed by atoms with van der Waals surface area (Å²) in [6.45, 7) is 3.84. The zero-order valence-corrected chi connectivity index (χ0v) is 11.3. The lowest BCUT2D eigenvalue weighted by Gasteiger charge is -2.09. The van der Waals surface area contributed by atoms with Crippen molar-refractivity contribution in [3.63, 3.8) is 0 Å². The molecule has 0 aromatic heterocycles. The van der Waals surface area contributed by atoms with Crippen molar-refractivity contribution in [3.05, 3.63) is 69.0 Å². The number of hydrogen-bond acceptors (Lipinski definition) is 3. The molecule has 0 atom stereocenters. The van der Waals surface area contributed by atoms with E-state index in [0.717, 1.165) is 11.1 Å². The summed E-state index contributed by atoms with van der Waals surface area (Å²) in [6, 6.07) is 9.91. The van der Waals surface area contributed by atoms with Crippen LogP contribution in [0.3, 0.4) is 0 Å². The third-order valence-corrected chi connectivity index (χ3v) is 3.08. The average molecular weight is 274 g/mol. The van der Waals surface area contributed by atoms with E-state index in [1.165, 1.54) is 12.1 Å². The average Bonchev–Trinajstić information content (AvgIpc) is 2.39. The molecule has 4 nitrogen and oxygen atoms in total. The minimum Gasteiger partial charge on any atom is -0.379 e.